The number of anilines is 1. The number of carbonyl (C=O) groups excluding carboxylic acids is 1. The van der Waals surface area contributed by atoms with Gasteiger partial charge in [-0.25, -0.2) is 9.50 Å². The minimum atomic E-state index is -0.333. The van der Waals surface area contributed by atoms with Gasteiger partial charge in [0.1, 0.15) is 12.1 Å². The van der Waals surface area contributed by atoms with Crippen molar-refractivity contribution in [2.75, 3.05) is 19.0 Å². The van der Waals surface area contributed by atoms with E-state index < -0.39 is 0 Å². The molecule has 2 aromatic heterocycles. The number of ether oxygens (including phenoxy) is 1. The minimum Gasteiger partial charge on any atom is -0.468 e. The number of nitrogens with one attached hydrogen (secondary N) is 1. The minimum absolute atomic E-state index is 0.0907. The highest BCUT2D eigenvalue weighted by molar-refractivity contribution is 5.77. The summed E-state index contributed by atoms with van der Waals surface area (Å²) < 4.78 is 6.25. The summed E-state index contributed by atoms with van der Waals surface area (Å²) in [4.78, 5) is 15.1. The van der Waals surface area contributed by atoms with Crippen LogP contribution in [0.2, 0.25) is 0 Å². The van der Waals surface area contributed by atoms with Crippen molar-refractivity contribution < 1.29 is 9.53 Å². The molecule has 16 heavy (non-hydrogen) atoms. The summed E-state index contributed by atoms with van der Waals surface area (Å²) >= 11 is 0. The molecular weight excluding hydrogens is 208 g/mol. The van der Waals surface area contributed by atoms with Crippen LogP contribution >= 0.6 is 0 Å². The van der Waals surface area contributed by atoms with E-state index in [4.69, 9.17) is 0 Å². The third kappa shape index (κ3) is 1.95. The number of methoxy groups -OCH3 is 1. The molecule has 1 N–H and O–H groups in total. The van der Waals surface area contributed by atoms with Gasteiger partial charge >= 0.3 is 5.97 Å². The summed E-state index contributed by atoms with van der Waals surface area (Å²) in [5.74, 6) is 0.286. The second-order valence-electron chi connectivity index (χ2n) is 3.32. The van der Waals surface area contributed by atoms with Crippen molar-refractivity contribution in [3.05, 3.63) is 24.2 Å². The van der Waals surface area contributed by atoms with Crippen LogP contribution in [0.25, 0.3) is 5.52 Å². The van der Waals surface area contributed by atoms with Gasteiger partial charge < -0.3 is 10.1 Å². The molecule has 0 saturated carbocycles. The fourth-order valence-electron chi connectivity index (χ4n) is 1.41. The number of aromatic nitrogens is 3. The van der Waals surface area contributed by atoms with Crippen molar-refractivity contribution in [2.45, 2.75) is 6.92 Å². The van der Waals surface area contributed by atoms with Crippen LogP contribution in [-0.4, -0.2) is 34.2 Å². The first kappa shape index (κ1) is 10.4. The molecule has 6 heteroatoms. The highest BCUT2D eigenvalue weighted by atomic mass is 16.5. The molecule has 0 aliphatic heterocycles. The lowest BCUT2D eigenvalue weighted by Crippen LogP contribution is -2.16. The second-order valence-corrected chi connectivity index (χ2v) is 3.32. The Bertz CT molecular complexity index is 521. The maximum atomic E-state index is 11.0. The molecule has 84 valence electrons. The van der Waals surface area contributed by atoms with E-state index >= 15 is 0 Å². The molecule has 0 aromatic carbocycles. The van der Waals surface area contributed by atoms with E-state index in [9.17, 15) is 4.79 Å². The maximum Gasteiger partial charge on any atom is 0.325 e. The third-order valence-electron chi connectivity index (χ3n) is 2.14. The lowest BCUT2D eigenvalue weighted by atomic mass is 10.4. The third-order valence-corrected chi connectivity index (χ3v) is 2.14. The average Bonchev–Trinajstić information content (AvgIpc) is 2.66. The van der Waals surface area contributed by atoms with Crippen LogP contribution in [-0.2, 0) is 9.53 Å². The molecule has 0 atom stereocenters. The van der Waals surface area contributed by atoms with Gasteiger partial charge in [0.2, 0.25) is 0 Å². The number of esters is 1. The van der Waals surface area contributed by atoms with Crippen molar-refractivity contribution in [3.8, 4) is 0 Å². The Morgan fingerprint density at radius 2 is 2.44 bits per heavy atom. The van der Waals surface area contributed by atoms with Crippen LogP contribution in [0.1, 0.15) is 5.69 Å². The standard InChI is InChI=1S/C10H12N4O2/c1-7-5-8-10(12-6-9(15)16-2)11-3-4-14(8)13-7/h3-5H,6H2,1-2H3,(H,11,12). The number of aryl methyl sites for hydroxylation is 1. The topological polar surface area (TPSA) is 68.5 Å². The lowest BCUT2D eigenvalue weighted by Gasteiger charge is -2.04. The molecule has 0 spiro atoms. The number of hydrogen-bond acceptors (Lipinski definition) is 5. The summed E-state index contributed by atoms with van der Waals surface area (Å²) in [7, 11) is 1.35. The predicted octanol–water partition coefficient (Wildman–Crippen LogP) is 0.623. The summed E-state index contributed by atoms with van der Waals surface area (Å²) in [5.41, 5.74) is 1.73. The van der Waals surface area contributed by atoms with Gasteiger partial charge in [0, 0.05) is 12.4 Å². The van der Waals surface area contributed by atoms with Gasteiger partial charge in [-0.1, -0.05) is 0 Å². The van der Waals surface area contributed by atoms with Crippen molar-refractivity contribution >= 4 is 17.3 Å². The van der Waals surface area contributed by atoms with Gasteiger partial charge in [-0.3, -0.25) is 4.79 Å². The van der Waals surface area contributed by atoms with Gasteiger partial charge in [-0.15, -0.1) is 0 Å². The molecule has 6 nitrogen and oxygen atoms in total. The Balaban J connectivity index is 2.26. The average molecular weight is 220 g/mol. The molecule has 0 bridgehead atoms. The van der Waals surface area contributed by atoms with Crippen molar-refractivity contribution in [1.82, 2.24) is 14.6 Å². The predicted molar refractivity (Wildman–Crippen MR) is 58.2 cm³/mol. The molecule has 0 unspecified atom stereocenters. The summed E-state index contributed by atoms with van der Waals surface area (Å²) in [6.45, 7) is 1.99. The Hall–Kier alpha value is -2.11. The number of fused-ring (bicyclic) bond motifs is 1. The monoisotopic (exact) mass is 220 g/mol. The molecule has 0 aliphatic carbocycles. The van der Waals surface area contributed by atoms with Crippen LogP contribution in [0.15, 0.2) is 18.5 Å². The highest BCUT2D eigenvalue weighted by Gasteiger charge is 2.06. The number of hydrogen-bond donors (Lipinski definition) is 1. The normalized spacial score (nSPS) is 10.4. The van der Waals surface area contributed by atoms with Crippen LogP contribution < -0.4 is 5.32 Å². The van der Waals surface area contributed by atoms with E-state index in [1.807, 2.05) is 13.0 Å². The quantitative estimate of drug-likeness (QED) is 0.768. The molecule has 0 fully saturated rings. The molecule has 0 saturated heterocycles. The summed E-state index contributed by atoms with van der Waals surface area (Å²) in [6.07, 6.45) is 3.38. The fraction of sp³-hybridized carbons (Fsp3) is 0.300. The Morgan fingerprint density at radius 3 is 3.19 bits per heavy atom. The van der Waals surface area contributed by atoms with E-state index in [2.05, 4.69) is 20.1 Å². The Morgan fingerprint density at radius 1 is 1.62 bits per heavy atom. The van der Waals surface area contributed by atoms with Crippen LogP contribution in [0, 0.1) is 6.92 Å². The highest BCUT2D eigenvalue weighted by Crippen LogP contribution is 2.13. The van der Waals surface area contributed by atoms with Crippen molar-refractivity contribution in [2.24, 2.45) is 0 Å². The maximum absolute atomic E-state index is 11.0. The molecule has 0 amide bonds. The van der Waals surface area contributed by atoms with E-state index in [1.165, 1.54) is 7.11 Å². The first-order chi connectivity index (χ1) is 7.70. The van der Waals surface area contributed by atoms with Crippen LogP contribution in [0.3, 0.4) is 0 Å². The second kappa shape index (κ2) is 4.18. The first-order valence-corrected chi connectivity index (χ1v) is 4.82. The van der Waals surface area contributed by atoms with Crippen LogP contribution in [0.5, 0.6) is 0 Å². The fourth-order valence-corrected chi connectivity index (χ4v) is 1.41. The number of carbonyl (C=O) groups is 1. The smallest absolute Gasteiger partial charge is 0.325 e. The Kier molecular flexibility index (Phi) is 2.72. The zero-order chi connectivity index (χ0) is 11.5. The molecule has 2 aromatic rings. The van der Waals surface area contributed by atoms with Gasteiger partial charge in [0.05, 0.1) is 12.8 Å². The molecule has 0 radical (unpaired) electrons. The van der Waals surface area contributed by atoms with Crippen LogP contribution in [0.4, 0.5) is 5.82 Å². The zero-order valence-electron chi connectivity index (χ0n) is 9.10. The van der Waals surface area contributed by atoms with Gasteiger partial charge in [-0.05, 0) is 13.0 Å². The van der Waals surface area contributed by atoms with Crippen molar-refractivity contribution in [1.29, 1.82) is 0 Å². The van der Waals surface area contributed by atoms with Gasteiger partial charge in [0.15, 0.2) is 5.82 Å². The van der Waals surface area contributed by atoms with E-state index in [0.717, 1.165) is 11.2 Å². The SMILES string of the molecule is COC(=O)CNc1nccn2nc(C)cc12. The van der Waals surface area contributed by atoms with Crippen molar-refractivity contribution in [3.63, 3.8) is 0 Å². The molecule has 2 rings (SSSR count). The number of nitrogens with zero attached hydrogens (tertiary/aromatic N) is 3. The summed E-state index contributed by atoms with van der Waals surface area (Å²) in [5, 5.41) is 7.15. The number of rotatable bonds is 3. The summed E-state index contributed by atoms with van der Waals surface area (Å²) in [6, 6.07) is 1.90. The van der Waals surface area contributed by atoms with E-state index in [1.54, 1.807) is 16.9 Å². The molecule has 0 aliphatic rings. The Labute approximate surface area is 92.2 Å². The first-order valence-electron chi connectivity index (χ1n) is 4.82. The van der Waals surface area contributed by atoms with E-state index in [0.29, 0.717) is 5.82 Å². The lowest BCUT2D eigenvalue weighted by molar-refractivity contribution is -0.138. The molecular formula is C10H12N4O2. The van der Waals surface area contributed by atoms with E-state index in [-0.39, 0.29) is 12.5 Å². The van der Waals surface area contributed by atoms with Gasteiger partial charge in [-0.2, -0.15) is 5.10 Å². The van der Waals surface area contributed by atoms with Gasteiger partial charge in [0.25, 0.3) is 0 Å². The molecule has 2 heterocycles. The largest absolute Gasteiger partial charge is 0.468 e. The zero-order valence-corrected chi connectivity index (χ0v) is 9.10.